The molecule has 1 aromatic heterocycles. The van der Waals surface area contributed by atoms with Gasteiger partial charge in [-0.2, -0.15) is 0 Å². The van der Waals surface area contributed by atoms with Gasteiger partial charge in [0, 0.05) is 30.2 Å². The zero-order chi connectivity index (χ0) is 13.9. The highest BCUT2D eigenvalue weighted by molar-refractivity contribution is 7.88. The van der Waals surface area contributed by atoms with Crippen molar-refractivity contribution in [1.82, 2.24) is 14.6 Å². The minimum atomic E-state index is -3.05. The average Bonchev–Trinajstić information content (AvgIpc) is 2.89. The first kappa shape index (κ1) is 14.9. The van der Waals surface area contributed by atoms with Gasteiger partial charge in [0.2, 0.25) is 10.0 Å². The normalized spacial score (nSPS) is 23.4. The Balaban J connectivity index is 1.98. The van der Waals surface area contributed by atoms with Crippen molar-refractivity contribution in [2.75, 3.05) is 26.4 Å². The van der Waals surface area contributed by atoms with Crippen LogP contribution in [0.5, 0.6) is 0 Å². The van der Waals surface area contributed by atoms with Gasteiger partial charge in [0.15, 0.2) is 0 Å². The summed E-state index contributed by atoms with van der Waals surface area (Å²) in [6, 6.07) is 0.275. The summed E-state index contributed by atoms with van der Waals surface area (Å²) in [6.45, 7) is 1.32. The maximum Gasteiger partial charge on any atom is 0.211 e. The summed E-state index contributed by atoms with van der Waals surface area (Å²) in [6.07, 6.45) is 6.21. The van der Waals surface area contributed by atoms with Crippen LogP contribution in [0.25, 0.3) is 0 Å². The van der Waals surface area contributed by atoms with Crippen LogP contribution in [0.2, 0.25) is 0 Å². The molecular formula is C12H21N3O2S2. The van der Waals surface area contributed by atoms with Gasteiger partial charge >= 0.3 is 0 Å². The lowest BCUT2D eigenvalue weighted by Crippen LogP contribution is -2.40. The van der Waals surface area contributed by atoms with Crippen molar-refractivity contribution in [1.29, 1.82) is 0 Å². The lowest BCUT2D eigenvalue weighted by atomic mass is 9.92. The van der Waals surface area contributed by atoms with Gasteiger partial charge in [0.25, 0.3) is 0 Å². The fourth-order valence-electron chi connectivity index (χ4n) is 2.63. The topological polar surface area (TPSA) is 62.3 Å². The summed E-state index contributed by atoms with van der Waals surface area (Å²) in [5.41, 5.74) is 1.84. The summed E-state index contributed by atoms with van der Waals surface area (Å²) >= 11 is 1.65. The van der Waals surface area contributed by atoms with E-state index < -0.39 is 10.0 Å². The van der Waals surface area contributed by atoms with Crippen molar-refractivity contribution in [2.24, 2.45) is 5.92 Å². The quantitative estimate of drug-likeness (QED) is 0.894. The Kier molecular flexibility index (Phi) is 4.94. The van der Waals surface area contributed by atoms with E-state index in [4.69, 9.17) is 0 Å². The number of hydrogen-bond donors (Lipinski definition) is 1. The van der Waals surface area contributed by atoms with Crippen LogP contribution in [-0.2, 0) is 10.0 Å². The van der Waals surface area contributed by atoms with Crippen molar-refractivity contribution in [3.63, 3.8) is 0 Å². The molecular weight excluding hydrogens is 282 g/mol. The van der Waals surface area contributed by atoms with E-state index in [0.29, 0.717) is 19.0 Å². The van der Waals surface area contributed by atoms with E-state index in [1.165, 1.54) is 11.1 Å². The first-order chi connectivity index (χ1) is 9.00. The van der Waals surface area contributed by atoms with E-state index in [1.807, 2.05) is 18.8 Å². The number of aromatic nitrogens is 1. The monoisotopic (exact) mass is 303 g/mol. The van der Waals surface area contributed by atoms with Gasteiger partial charge in [0.05, 0.1) is 11.8 Å². The molecule has 5 nitrogen and oxygen atoms in total. The van der Waals surface area contributed by atoms with Gasteiger partial charge in [-0.05, 0) is 32.2 Å². The van der Waals surface area contributed by atoms with E-state index in [-0.39, 0.29) is 6.04 Å². The number of hydrogen-bond acceptors (Lipinski definition) is 5. The third-order valence-electron chi connectivity index (χ3n) is 3.66. The van der Waals surface area contributed by atoms with Crippen LogP contribution in [0.3, 0.4) is 0 Å². The Morgan fingerprint density at radius 3 is 3.00 bits per heavy atom. The number of sulfonamides is 1. The Morgan fingerprint density at radius 2 is 2.42 bits per heavy atom. The molecule has 7 heteroatoms. The highest BCUT2D eigenvalue weighted by Gasteiger charge is 2.28. The summed E-state index contributed by atoms with van der Waals surface area (Å²) in [5, 5.41) is 3.31. The first-order valence-corrected chi connectivity index (χ1v) is 9.24. The Bertz CT molecular complexity index is 487. The molecule has 1 saturated heterocycles. The van der Waals surface area contributed by atoms with Gasteiger partial charge in [0.1, 0.15) is 0 Å². The van der Waals surface area contributed by atoms with Crippen LogP contribution in [0.1, 0.15) is 30.2 Å². The molecule has 2 unspecified atom stereocenters. The van der Waals surface area contributed by atoms with E-state index >= 15 is 0 Å². The molecule has 0 bridgehead atoms. The molecule has 108 valence electrons. The third-order valence-corrected chi connectivity index (χ3v) is 5.82. The van der Waals surface area contributed by atoms with E-state index in [0.717, 1.165) is 19.3 Å². The standard InChI is InChI=1S/C12H21N3O2S2/c1-13-11(12-7-14-9-18-12)6-10-4-3-5-15(8-10)19(2,16)17/h7,9-11,13H,3-6,8H2,1-2H3. The molecule has 0 aromatic carbocycles. The average molecular weight is 303 g/mol. The number of nitrogens with zero attached hydrogens (tertiary/aromatic N) is 2. The molecule has 1 fully saturated rings. The zero-order valence-corrected chi connectivity index (χ0v) is 13.0. The Labute approximate surface area is 119 Å². The predicted octanol–water partition coefficient (Wildman–Crippen LogP) is 1.47. The molecule has 0 aliphatic carbocycles. The SMILES string of the molecule is CNC(CC1CCCN(S(C)(=O)=O)C1)c1cncs1. The molecule has 1 aromatic rings. The number of thiazole rings is 1. The zero-order valence-electron chi connectivity index (χ0n) is 11.4. The van der Waals surface area contributed by atoms with Crippen molar-refractivity contribution in [3.8, 4) is 0 Å². The Hall–Kier alpha value is -0.500. The largest absolute Gasteiger partial charge is 0.312 e. The highest BCUT2D eigenvalue weighted by atomic mass is 32.2. The number of nitrogens with one attached hydrogen (secondary N) is 1. The fourth-order valence-corrected chi connectivity index (χ4v) is 4.31. The summed E-state index contributed by atoms with van der Waals surface area (Å²) < 4.78 is 24.8. The minimum absolute atomic E-state index is 0.275. The van der Waals surface area contributed by atoms with Crippen molar-refractivity contribution in [2.45, 2.75) is 25.3 Å². The van der Waals surface area contributed by atoms with Gasteiger partial charge in [-0.1, -0.05) is 0 Å². The second-order valence-electron chi connectivity index (χ2n) is 5.11. The van der Waals surface area contributed by atoms with E-state index in [1.54, 1.807) is 15.6 Å². The number of piperidine rings is 1. The molecule has 2 heterocycles. The highest BCUT2D eigenvalue weighted by Crippen LogP contribution is 2.29. The maximum atomic E-state index is 11.6. The molecule has 0 saturated carbocycles. The molecule has 1 aliphatic heterocycles. The van der Waals surface area contributed by atoms with Crippen LogP contribution in [0.15, 0.2) is 11.7 Å². The minimum Gasteiger partial charge on any atom is -0.312 e. The molecule has 1 aliphatic rings. The van der Waals surface area contributed by atoms with Crippen LogP contribution in [-0.4, -0.2) is 44.1 Å². The molecule has 2 rings (SSSR count). The lowest BCUT2D eigenvalue weighted by molar-refractivity contribution is 0.241. The smallest absolute Gasteiger partial charge is 0.211 e. The van der Waals surface area contributed by atoms with Crippen LogP contribution in [0.4, 0.5) is 0 Å². The van der Waals surface area contributed by atoms with E-state index in [2.05, 4.69) is 10.3 Å². The van der Waals surface area contributed by atoms with Gasteiger partial charge in [-0.25, -0.2) is 12.7 Å². The molecule has 0 radical (unpaired) electrons. The Morgan fingerprint density at radius 1 is 1.63 bits per heavy atom. The maximum absolute atomic E-state index is 11.6. The molecule has 2 atom stereocenters. The molecule has 0 amide bonds. The summed E-state index contributed by atoms with van der Waals surface area (Å²) in [5.74, 6) is 0.419. The van der Waals surface area contributed by atoms with Gasteiger partial charge in [-0.3, -0.25) is 4.98 Å². The molecule has 19 heavy (non-hydrogen) atoms. The van der Waals surface area contributed by atoms with Crippen LogP contribution in [0, 0.1) is 5.92 Å². The fraction of sp³-hybridized carbons (Fsp3) is 0.750. The van der Waals surface area contributed by atoms with Gasteiger partial charge < -0.3 is 5.32 Å². The second-order valence-corrected chi connectivity index (χ2v) is 8.01. The van der Waals surface area contributed by atoms with Crippen molar-refractivity contribution >= 4 is 21.4 Å². The van der Waals surface area contributed by atoms with Crippen LogP contribution >= 0.6 is 11.3 Å². The summed E-state index contributed by atoms with van der Waals surface area (Å²) in [4.78, 5) is 5.33. The van der Waals surface area contributed by atoms with Crippen molar-refractivity contribution in [3.05, 3.63) is 16.6 Å². The predicted molar refractivity (Wildman–Crippen MR) is 77.7 cm³/mol. The van der Waals surface area contributed by atoms with Crippen molar-refractivity contribution < 1.29 is 8.42 Å². The first-order valence-electron chi connectivity index (χ1n) is 6.51. The van der Waals surface area contributed by atoms with E-state index in [9.17, 15) is 8.42 Å². The van der Waals surface area contributed by atoms with Crippen LogP contribution < -0.4 is 5.32 Å². The molecule has 1 N–H and O–H groups in total. The second kappa shape index (κ2) is 6.30. The third kappa shape index (κ3) is 3.98. The van der Waals surface area contributed by atoms with Gasteiger partial charge in [-0.15, -0.1) is 11.3 Å². The summed E-state index contributed by atoms with van der Waals surface area (Å²) in [7, 11) is -1.11. The molecule has 0 spiro atoms. The number of rotatable bonds is 5. The lowest BCUT2D eigenvalue weighted by Gasteiger charge is -2.32.